The number of allylic oxidation sites excluding steroid dienone is 2. The van der Waals surface area contributed by atoms with Gasteiger partial charge in [0.25, 0.3) is 0 Å². The molecule has 1 aromatic heterocycles. The first kappa shape index (κ1) is 12.8. The normalized spacial score (nSPS) is 19.4. The lowest BCUT2D eigenvalue weighted by Crippen LogP contribution is -2.15. The van der Waals surface area contributed by atoms with E-state index in [4.69, 9.17) is 10.2 Å². The molecule has 1 aliphatic carbocycles. The third kappa shape index (κ3) is 2.43. The van der Waals surface area contributed by atoms with Crippen LogP contribution < -0.4 is 0 Å². The molecule has 2 N–H and O–H groups in total. The van der Waals surface area contributed by atoms with Crippen LogP contribution in [0.15, 0.2) is 6.08 Å². The lowest BCUT2D eigenvalue weighted by Gasteiger charge is -2.16. The molecule has 0 aromatic carbocycles. The molecule has 0 spiro atoms. The van der Waals surface area contributed by atoms with Crippen LogP contribution in [0.2, 0.25) is 0 Å². The van der Waals surface area contributed by atoms with Crippen LogP contribution in [0.5, 0.6) is 0 Å². The summed E-state index contributed by atoms with van der Waals surface area (Å²) in [6.45, 7) is 1.67. The number of hydrogen-bond donors (Lipinski definition) is 2. The maximum absolute atomic E-state index is 10.9. The quantitative estimate of drug-likeness (QED) is 0.878. The summed E-state index contributed by atoms with van der Waals surface area (Å²) in [4.78, 5) is 26.3. The van der Waals surface area contributed by atoms with Gasteiger partial charge in [0.2, 0.25) is 0 Å². The fourth-order valence-corrected chi connectivity index (χ4v) is 2.96. The Labute approximate surface area is 108 Å². The van der Waals surface area contributed by atoms with Crippen molar-refractivity contribution < 1.29 is 19.8 Å². The van der Waals surface area contributed by atoms with Crippen LogP contribution in [0.25, 0.3) is 5.57 Å². The number of carbonyl (C=O) groups is 2. The molecule has 1 unspecified atom stereocenters. The highest BCUT2D eigenvalue weighted by Gasteiger charge is 2.23. The maximum atomic E-state index is 10.9. The van der Waals surface area contributed by atoms with Gasteiger partial charge in [-0.1, -0.05) is 6.08 Å². The predicted octanol–water partition coefficient (Wildman–Crippen LogP) is 2.42. The summed E-state index contributed by atoms with van der Waals surface area (Å²) in [5.74, 6) is -2.06. The smallest absolute Gasteiger partial charge is 0.347 e. The van der Waals surface area contributed by atoms with E-state index in [1.165, 1.54) is 0 Å². The van der Waals surface area contributed by atoms with Crippen molar-refractivity contribution in [1.29, 1.82) is 0 Å². The molecule has 1 atom stereocenters. The number of carboxylic acid groups (broad SMARTS) is 2. The second-order valence-corrected chi connectivity index (χ2v) is 5.28. The van der Waals surface area contributed by atoms with Crippen LogP contribution in [0, 0.1) is 12.8 Å². The third-order valence-electron chi connectivity index (χ3n) is 3.03. The summed E-state index contributed by atoms with van der Waals surface area (Å²) in [6, 6.07) is 0. The van der Waals surface area contributed by atoms with E-state index in [9.17, 15) is 9.59 Å². The summed E-state index contributed by atoms with van der Waals surface area (Å²) in [5, 5.41) is 18.6. The Balaban J connectivity index is 2.21. The number of aromatic nitrogens is 1. The number of aromatic carboxylic acids is 1. The number of thiazole rings is 1. The van der Waals surface area contributed by atoms with Crippen LogP contribution in [0.3, 0.4) is 0 Å². The fraction of sp³-hybridized carbons (Fsp3) is 0.417. The van der Waals surface area contributed by atoms with E-state index in [0.29, 0.717) is 30.0 Å². The maximum Gasteiger partial charge on any atom is 0.347 e. The van der Waals surface area contributed by atoms with Gasteiger partial charge in [-0.25, -0.2) is 9.78 Å². The van der Waals surface area contributed by atoms with Crippen molar-refractivity contribution in [3.05, 3.63) is 21.7 Å². The van der Waals surface area contributed by atoms with Gasteiger partial charge in [0.05, 0.1) is 11.6 Å². The number of carboxylic acids is 2. The van der Waals surface area contributed by atoms with Gasteiger partial charge in [-0.3, -0.25) is 4.79 Å². The highest BCUT2D eigenvalue weighted by Crippen LogP contribution is 2.33. The zero-order valence-electron chi connectivity index (χ0n) is 9.84. The van der Waals surface area contributed by atoms with Crippen LogP contribution in [-0.4, -0.2) is 27.1 Å². The monoisotopic (exact) mass is 267 g/mol. The predicted molar refractivity (Wildman–Crippen MR) is 66.8 cm³/mol. The first-order valence-corrected chi connectivity index (χ1v) is 6.43. The van der Waals surface area contributed by atoms with Crippen LogP contribution in [0.1, 0.15) is 39.6 Å². The molecule has 0 saturated heterocycles. The summed E-state index contributed by atoms with van der Waals surface area (Å²) in [6.07, 6.45) is 3.59. The van der Waals surface area contributed by atoms with Crippen molar-refractivity contribution >= 4 is 28.8 Å². The Bertz CT molecular complexity index is 532. The number of aliphatic carboxylic acids is 1. The molecule has 0 saturated carbocycles. The van der Waals surface area contributed by atoms with E-state index >= 15 is 0 Å². The van der Waals surface area contributed by atoms with E-state index < -0.39 is 11.9 Å². The molecule has 0 aliphatic heterocycles. The van der Waals surface area contributed by atoms with Gasteiger partial charge >= 0.3 is 11.9 Å². The van der Waals surface area contributed by atoms with Gasteiger partial charge in [0, 0.05) is 0 Å². The van der Waals surface area contributed by atoms with Gasteiger partial charge in [0.1, 0.15) is 9.88 Å². The Morgan fingerprint density at radius 3 is 2.61 bits per heavy atom. The minimum absolute atomic E-state index is 0.256. The molecule has 0 amide bonds. The topological polar surface area (TPSA) is 87.5 Å². The summed E-state index contributed by atoms with van der Waals surface area (Å²) in [5.41, 5.74) is 1.48. The molecule has 0 bridgehead atoms. The molecule has 6 heteroatoms. The molecule has 1 aliphatic rings. The summed E-state index contributed by atoms with van der Waals surface area (Å²) >= 11 is 1.16. The van der Waals surface area contributed by atoms with E-state index in [2.05, 4.69) is 4.98 Å². The molecule has 5 nitrogen and oxygen atoms in total. The molecule has 0 radical (unpaired) electrons. The largest absolute Gasteiger partial charge is 0.481 e. The van der Waals surface area contributed by atoms with Crippen molar-refractivity contribution in [3.8, 4) is 0 Å². The molecule has 1 heterocycles. The van der Waals surface area contributed by atoms with Gasteiger partial charge in [-0.15, -0.1) is 11.3 Å². The Morgan fingerprint density at radius 1 is 1.44 bits per heavy atom. The lowest BCUT2D eigenvalue weighted by molar-refractivity contribution is -0.141. The van der Waals surface area contributed by atoms with E-state index in [1.807, 2.05) is 6.08 Å². The molecule has 2 rings (SSSR count). The highest BCUT2D eigenvalue weighted by atomic mass is 32.1. The first-order chi connectivity index (χ1) is 8.49. The lowest BCUT2D eigenvalue weighted by atomic mass is 9.90. The zero-order chi connectivity index (χ0) is 13.3. The average Bonchev–Trinajstić information content (AvgIpc) is 2.71. The van der Waals surface area contributed by atoms with Crippen molar-refractivity contribution in [2.24, 2.45) is 5.92 Å². The Kier molecular flexibility index (Phi) is 3.47. The van der Waals surface area contributed by atoms with E-state index in [-0.39, 0.29) is 10.8 Å². The van der Waals surface area contributed by atoms with Gasteiger partial charge in [-0.2, -0.15) is 0 Å². The van der Waals surface area contributed by atoms with Crippen molar-refractivity contribution in [2.75, 3.05) is 0 Å². The Hall–Kier alpha value is -1.69. The minimum atomic E-state index is -0.962. The summed E-state index contributed by atoms with van der Waals surface area (Å²) in [7, 11) is 0. The standard InChI is InChI=1S/C12H13NO4S/c1-6-9(12(16)17)18-10(13-6)7-2-4-8(5-3-7)11(14)15/h2,8H,3-5H2,1H3,(H,14,15)(H,16,17). The molecule has 0 fully saturated rings. The van der Waals surface area contributed by atoms with Crippen molar-refractivity contribution in [2.45, 2.75) is 26.2 Å². The number of nitrogens with zero attached hydrogens (tertiary/aromatic N) is 1. The van der Waals surface area contributed by atoms with E-state index in [1.54, 1.807) is 6.92 Å². The zero-order valence-corrected chi connectivity index (χ0v) is 10.7. The van der Waals surface area contributed by atoms with Crippen LogP contribution in [-0.2, 0) is 4.79 Å². The van der Waals surface area contributed by atoms with Crippen LogP contribution >= 0.6 is 11.3 Å². The van der Waals surface area contributed by atoms with Crippen molar-refractivity contribution in [3.63, 3.8) is 0 Å². The molecule has 1 aromatic rings. The SMILES string of the molecule is Cc1nc(C2=CCC(C(=O)O)CC2)sc1C(=O)O. The Morgan fingerprint density at radius 2 is 2.17 bits per heavy atom. The average molecular weight is 267 g/mol. The second kappa shape index (κ2) is 4.89. The van der Waals surface area contributed by atoms with Gasteiger partial charge in [-0.05, 0) is 31.8 Å². The van der Waals surface area contributed by atoms with Gasteiger partial charge < -0.3 is 10.2 Å². The minimum Gasteiger partial charge on any atom is -0.481 e. The second-order valence-electron chi connectivity index (χ2n) is 4.28. The third-order valence-corrected chi connectivity index (χ3v) is 4.25. The van der Waals surface area contributed by atoms with Gasteiger partial charge in [0.15, 0.2) is 0 Å². The number of hydrogen-bond acceptors (Lipinski definition) is 4. The van der Waals surface area contributed by atoms with E-state index in [0.717, 1.165) is 16.9 Å². The molecule has 18 heavy (non-hydrogen) atoms. The fourth-order valence-electron chi connectivity index (χ4n) is 1.98. The molecular formula is C12H13NO4S. The first-order valence-electron chi connectivity index (χ1n) is 5.62. The number of aryl methyl sites for hydroxylation is 1. The summed E-state index contributed by atoms with van der Waals surface area (Å²) < 4.78 is 0. The van der Waals surface area contributed by atoms with Crippen molar-refractivity contribution in [1.82, 2.24) is 4.98 Å². The highest BCUT2D eigenvalue weighted by molar-refractivity contribution is 7.14. The number of rotatable bonds is 3. The molecular weight excluding hydrogens is 254 g/mol. The molecule has 96 valence electrons. The van der Waals surface area contributed by atoms with Crippen LogP contribution in [0.4, 0.5) is 0 Å².